The van der Waals surface area contributed by atoms with Crippen molar-refractivity contribution in [1.82, 2.24) is 4.90 Å². The van der Waals surface area contributed by atoms with Gasteiger partial charge in [-0.2, -0.15) is 0 Å². The van der Waals surface area contributed by atoms with Gasteiger partial charge < -0.3 is 0 Å². The van der Waals surface area contributed by atoms with E-state index < -0.39 is 0 Å². The molecule has 2 aromatic rings. The van der Waals surface area contributed by atoms with E-state index in [2.05, 4.69) is 24.3 Å². The number of carbonyl (C=O) groups is 2. The first-order valence-corrected chi connectivity index (χ1v) is 8.27. The molecule has 3 rings (SSSR count). The molecule has 118 valence electrons. The second-order valence-electron chi connectivity index (χ2n) is 5.73. The lowest BCUT2D eigenvalue weighted by Gasteiger charge is -2.24. The number of benzene rings is 2. The quantitative estimate of drug-likeness (QED) is 0.621. The zero-order chi connectivity index (χ0) is 16.2. The molecule has 2 aromatic carbocycles. The number of hydrogen-bond acceptors (Lipinski definition) is 2. The number of nitrogens with zero attached hydrogens (tertiary/aromatic N) is 1. The van der Waals surface area contributed by atoms with Gasteiger partial charge in [0.2, 0.25) is 11.8 Å². The molecule has 0 aromatic heterocycles. The van der Waals surface area contributed by atoms with E-state index in [1.165, 1.54) is 4.90 Å². The Morgan fingerprint density at radius 3 is 2.00 bits per heavy atom. The molecule has 1 unspecified atom stereocenters. The van der Waals surface area contributed by atoms with Crippen molar-refractivity contribution < 1.29 is 9.59 Å². The fourth-order valence-electron chi connectivity index (χ4n) is 2.95. The van der Waals surface area contributed by atoms with Gasteiger partial charge in [-0.25, -0.2) is 0 Å². The molecule has 4 heteroatoms. The van der Waals surface area contributed by atoms with Crippen LogP contribution in [0.25, 0.3) is 11.1 Å². The van der Waals surface area contributed by atoms with Crippen LogP contribution in [0.15, 0.2) is 54.6 Å². The number of imide groups is 1. The van der Waals surface area contributed by atoms with Crippen molar-refractivity contribution in [3.63, 3.8) is 0 Å². The zero-order valence-corrected chi connectivity index (χ0v) is 13.5. The van der Waals surface area contributed by atoms with Crippen LogP contribution >= 0.6 is 11.6 Å². The van der Waals surface area contributed by atoms with Crippen LogP contribution in [-0.4, -0.2) is 28.6 Å². The third-order valence-corrected chi connectivity index (χ3v) is 4.52. The average molecular weight is 328 g/mol. The molecular weight excluding hydrogens is 310 g/mol. The maximum absolute atomic E-state index is 11.9. The van der Waals surface area contributed by atoms with Crippen LogP contribution in [0.4, 0.5) is 0 Å². The first-order valence-electron chi connectivity index (χ1n) is 7.74. The highest BCUT2D eigenvalue weighted by Crippen LogP contribution is 2.22. The van der Waals surface area contributed by atoms with E-state index in [0.29, 0.717) is 19.3 Å². The van der Waals surface area contributed by atoms with Crippen molar-refractivity contribution in [2.75, 3.05) is 5.88 Å². The van der Waals surface area contributed by atoms with Crippen molar-refractivity contribution in [3.8, 4) is 11.1 Å². The fourth-order valence-corrected chi connectivity index (χ4v) is 3.20. The van der Waals surface area contributed by atoms with E-state index in [1.54, 1.807) is 0 Å². The Bertz CT molecular complexity index is 681. The van der Waals surface area contributed by atoms with Gasteiger partial charge in [0.25, 0.3) is 0 Å². The van der Waals surface area contributed by atoms with E-state index in [9.17, 15) is 9.59 Å². The van der Waals surface area contributed by atoms with Gasteiger partial charge in [0.15, 0.2) is 0 Å². The van der Waals surface area contributed by atoms with E-state index >= 15 is 0 Å². The molecule has 0 saturated carbocycles. The molecular formula is C19H18ClNO2. The number of likely N-dealkylation sites (tertiary alicyclic amines) is 1. The normalized spacial score (nSPS) is 16.0. The lowest BCUT2D eigenvalue weighted by molar-refractivity contribution is -0.140. The summed E-state index contributed by atoms with van der Waals surface area (Å²) < 4.78 is 0. The molecule has 1 heterocycles. The number of alkyl halides is 1. The smallest absolute Gasteiger partial charge is 0.229 e. The molecule has 1 aliphatic rings. The Balaban J connectivity index is 1.74. The predicted octanol–water partition coefficient (Wildman–Crippen LogP) is 3.65. The number of carbonyl (C=O) groups excluding carboxylic acids is 2. The van der Waals surface area contributed by atoms with Gasteiger partial charge in [-0.1, -0.05) is 54.6 Å². The lowest BCUT2D eigenvalue weighted by atomic mass is 10.0. The van der Waals surface area contributed by atoms with Gasteiger partial charge in [-0.15, -0.1) is 11.6 Å². The van der Waals surface area contributed by atoms with Crippen molar-refractivity contribution in [3.05, 3.63) is 60.2 Å². The number of rotatable bonds is 5. The summed E-state index contributed by atoms with van der Waals surface area (Å²) in [5.41, 5.74) is 3.38. The Morgan fingerprint density at radius 2 is 1.43 bits per heavy atom. The number of amides is 2. The van der Waals surface area contributed by atoms with Crippen molar-refractivity contribution in [2.45, 2.75) is 25.3 Å². The summed E-state index contributed by atoms with van der Waals surface area (Å²) in [7, 11) is 0. The van der Waals surface area contributed by atoms with Gasteiger partial charge in [0.1, 0.15) is 0 Å². The van der Waals surface area contributed by atoms with E-state index in [-0.39, 0.29) is 23.7 Å². The molecule has 0 bridgehead atoms. The van der Waals surface area contributed by atoms with Crippen molar-refractivity contribution in [1.29, 1.82) is 0 Å². The molecule has 2 amide bonds. The average Bonchev–Trinajstić information content (AvgIpc) is 2.93. The van der Waals surface area contributed by atoms with Gasteiger partial charge in [0, 0.05) is 18.7 Å². The minimum absolute atomic E-state index is 0.110. The molecule has 1 atom stereocenters. The Labute approximate surface area is 140 Å². The van der Waals surface area contributed by atoms with Crippen LogP contribution in [0.2, 0.25) is 0 Å². The van der Waals surface area contributed by atoms with Crippen molar-refractivity contribution >= 4 is 23.4 Å². The standard InChI is InChI=1S/C19H18ClNO2/c20-13-17(21-18(22)10-11-19(21)23)12-14-6-8-16(9-7-14)15-4-2-1-3-5-15/h1-9,17H,10-13H2. The molecule has 3 nitrogen and oxygen atoms in total. The van der Waals surface area contributed by atoms with Crippen LogP contribution in [0, 0.1) is 0 Å². The van der Waals surface area contributed by atoms with Gasteiger partial charge in [-0.3, -0.25) is 14.5 Å². The summed E-state index contributed by atoms with van der Waals surface area (Å²) in [6.45, 7) is 0. The molecule has 1 fully saturated rings. The lowest BCUT2D eigenvalue weighted by Crippen LogP contribution is -2.41. The molecule has 0 aliphatic carbocycles. The molecule has 0 radical (unpaired) electrons. The summed E-state index contributed by atoms with van der Waals surface area (Å²) in [4.78, 5) is 25.1. The Kier molecular flexibility index (Phi) is 4.77. The third kappa shape index (κ3) is 3.45. The summed E-state index contributed by atoms with van der Waals surface area (Å²) in [6, 6.07) is 18.1. The highest BCUT2D eigenvalue weighted by molar-refractivity contribution is 6.18. The number of halogens is 1. The summed E-state index contributed by atoms with van der Waals surface area (Å²) in [5, 5.41) is 0. The van der Waals surface area contributed by atoms with Gasteiger partial charge in [0.05, 0.1) is 6.04 Å². The molecule has 1 saturated heterocycles. The fraction of sp³-hybridized carbons (Fsp3) is 0.263. The molecule has 0 N–H and O–H groups in total. The van der Waals surface area contributed by atoms with E-state index in [0.717, 1.165) is 16.7 Å². The van der Waals surface area contributed by atoms with Crippen LogP contribution in [0.5, 0.6) is 0 Å². The number of hydrogen-bond donors (Lipinski definition) is 0. The van der Waals surface area contributed by atoms with Crippen LogP contribution < -0.4 is 0 Å². The predicted molar refractivity (Wildman–Crippen MR) is 91.2 cm³/mol. The summed E-state index contributed by atoms with van der Waals surface area (Å²) in [6.07, 6.45) is 1.20. The third-order valence-electron chi connectivity index (χ3n) is 4.17. The molecule has 23 heavy (non-hydrogen) atoms. The first kappa shape index (κ1) is 15.8. The van der Waals surface area contributed by atoms with E-state index in [4.69, 9.17) is 11.6 Å². The van der Waals surface area contributed by atoms with Crippen LogP contribution in [0.1, 0.15) is 18.4 Å². The van der Waals surface area contributed by atoms with Gasteiger partial charge in [-0.05, 0) is 23.1 Å². The SMILES string of the molecule is O=C1CCC(=O)N1C(CCl)Cc1ccc(-c2ccccc2)cc1. The largest absolute Gasteiger partial charge is 0.278 e. The highest BCUT2D eigenvalue weighted by atomic mass is 35.5. The molecule has 1 aliphatic heterocycles. The second kappa shape index (κ2) is 6.97. The van der Waals surface area contributed by atoms with Crippen LogP contribution in [-0.2, 0) is 16.0 Å². The molecule has 0 spiro atoms. The van der Waals surface area contributed by atoms with Crippen LogP contribution in [0.3, 0.4) is 0 Å². The topological polar surface area (TPSA) is 37.4 Å². The summed E-state index contributed by atoms with van der Waals surface area (Å²) in [5.74, 6) is 0.0425. The van der Waals surface area contributed by atoms with Crippen molar-refractivity contribution in [2.24, 2.45) is 0 Å². The Morgan fingerprint density at radius 1 is 0.870 bits per heavy atom. The monoisotopic (exact) mass is 327 g/mol. The maximum atomic E-state index is 11.9. The Hall–Kier alpha value is -2.13. The minimum atomic E-state index is -0.262. The van der Waals surface area contributed by atoms with Gasteiger partial charge >= 0.3 is 0 Å². The summed E-state index contributed by atoms with van der Waals surface area (Å²) >= 11 is 6.01. The first-order chi connectivity index (χ1) is 11.2. The minimum Gasteiger partial charge on any atom is -0.278 e. The highest BCUT2D eigenvalue weighted by Gasteiger charge is 2.34. The second-order valence-corrected chi connectivity index (χ2v) is 6.04. The maximum Gasteiger partial charge on any atom is 0.229 e. The van der Waals surface area contributed by atoms with E-state index in [1.807, 2.05) is 30.3 Å². The zero-order valence-electron chi connectivity index (χ0n) is 12.7.